The fourth-order valence-electron chi connectivity index (χ4n) is 2.81. The van der Waals surface area contributed by atoms with Gasteiger partial charge in [0, 0.05) is 13.1 Å². The van der Waals surface area contributed by atoms with Gasteiger partial charge in [0.1, 0.15) is 5.54 Å². The molecule has 4 heteroatoms. The Hall–Kier alpha value is -0.630. The lowest BCUT2D eigenvalue weighted by Gasteiger charge is -2.41. The van der Waals surface area contributed by atoms with E-state index >= 15 is 0 Å². The van der Waals surface area contributed by atoms with Gasteiger partial charge in [0.2, 0.25) is 0 Å². The average molecular weight is 267 g/mol. The van der Waals surface area contributed by atoms with E-state index in [-0.39, 0.29) is 11.1 Å². The third-order valence-corrected chi connectivity index (χ3v) is 3.84. The zero-order valence-corrected chi connectivity index (χ0v) is 13.1. The first-order valence-electron chi connectivity index (χ1n) is 7.30. The zero-order valence-electron chi connectivity index (χ0n) is 13.1. The summed E-state index contributed by atoms with van der Waals surface area (Å²) in [5.41, 5.74) is -0.415. The Labute approximate surface area is 118 Å². The maximum absolute atomic E-state index is 9.10. The summed E-state index contributed by atoms with van der Waals surface area (Å²) in [7, 11) is 1.86. The molecule has 1 aliphatic heterocycles. The van der Waals surface area contributed by atoms with Gasteiger partial charge in [-0.2, -0.15) is 5.26 Å². The van der Waals surface area contributed by atoms with Gasteiger partial charge in [-0.3, -0.25) is 4.90 Å². The molecule has 2 atom stereocenters. The number of unbranched alkanes of at least 4 members (excludes halogenated alkanes) is 1. The van der Waals surface area contributed by atoms with Crippen LogP contribution in [-0.4, -0.2) is 48.8 Å². The molecule has 1 fully saturated rings. The van der Waals surface area contributed by atoms with Crippen molar-refractivity contribution in [1.29, 1.82) is 5.26 Å². The Morgan fingerprint density at radius 3 is 2.68 bits per heavy atom. The Kier molecular flexibility index (Phi) is 5.79. The van der Waals surface area contributed by atoms with Crippen molar-refractivity contribution in [3.63, 3.8) is 0 Å². The van der Waals surface area contributed by atoms with Crippen molar-refractivity contribution in [1.82, 2.24) is 10.2 Å². The van der Waals surface area contributed by atoms with Crippen molar-refractivity contribution in [3.8, 4) is 6.07 Å². The molecule has 0 aromatic heterocycles. The number of morpholine rings is 1. The molecule has 0 radical (unpaired) electrons. The number of hydrogen-bond donors (Lipinski definition) is 1. The van der Waals surface area contributed by atoms with Gasteiger partial charge >= 0.3 is 0 Å². The Morgan fingerprint density at radius 2 is 2.16 bits per heavy atom. The third kappa shape index (κ3) is 5.48. The molecule has 2 unspecified atom stereocenters. The molecule has 0 aliphatic carbocycles. The molecular weight excluding hydrogens is 238 g/mol. The highest BCUT2D eigenvalue weighted by Crippen LogP contribution is 2.21. The number of hydrogen-bond acceptors (Lipinski definition) is 4. The van der Waals surface area contributed by atoms with E-state index < -0.39 is 0 Å². The summed E-state index contributed by atoms with van der Waals surface area (Å²) in [6.07, 6.45) is 3.44. The van der Waals surface area contributed by atoms with E-state index in [0.29, 0.717) is 6.10 Å². The van der Waals surface area contributed by atoms with Crippen LogP contribution in [0.3, 0.4) is 0 Å². The largest absolute Gasteiger partial charge is 0.370 e. The lowest BCUT2D eigenvalue weighted by molar-refractivity contribution is -0.128. The minimum absolute atomic E-state index is 0.0379. The highest BCUT2D eigenvalue weighted by Gasteiger charge is 2.30. The van der Waals surface area contributed by atoms with Gasteiger partial charge in [-0.15, -0.1) is 0 Å². The van der Waals surface area contributed by atoms with Crippen molar-refractivity contribution >= 4 is 0 Å². The minimum Gasteiger partial charge on any atom is -0.370 e. The van der Waals surface area contributed by atoms with E-state index in [1.165, 1.54) is 0 Å². The number of nitriles is 1. The zero-order chi connectivity index (χ0) is 14.5. The van der Waals surface area contributed by atoms with Crippen LogP contribution in [0.4, 0.5) is 0 Å². The normalized spacial score (nSPS) is 26.6. The summed E-state index contributed by atoms with van der Waals surface area (Å²) in [6.45, 7) is 11.5. The summed E-state index contributed by atoms with van der Waals surface area (Å²) in [5, 5.41) is 12.2. The molecule has 0 aromatic carbocycles. The first kappa shape index (κ1) is 16.4. The van der Waals surface area contributed by atoms with Gasteiger partial charge in [0.25, 0.3) is 0 Å². The average Bonchev–Trinajstić information content (AvgIpc) is 2.32. The molecule has 0 amide bonds. The second kappa shape index (κ2) is 6.69. The van der Waals surface area contributed by atoms with Crippen LogP contribution in [-0.2, 0) is 4.74 Å². The number of nitrogens with one attached hydrogen (secondary N) is 1. The van der Waals surface area contributed by atoms with Gasteiger partial charge in [-0.25, -0.2) is 0 Å². The molecule has 4 nitrogen and oxygen atoms in total. The van der Waals surface area contributed by atoms with Gasteiger partial charge in [-0.1, -0.05) is 0 Å². The van der Waals surface area contributed by atoms with Crippen LogP contribution in [0.15, 0.2) is 0 Å². The Balaban J connectivity index is 2.28. The Morgan fingerprint density at radius 1 is 1.47 bits per heavy atom. The maximum atomic E-state index is 9.10. The van der Waals surface area contributed by atoms with Crippen LogP contribution < -0.4 is 5.32 Å². The minimum atomic E-state index is -0.377. The molecular formula is C15H29N3O. The topological polar surface area (TPSA) is 48.3 Å². The molecule has 0 saturated carbocycles. The summed E-state index contributed by atoms with van der Waals surface area (Å²) < 4.78 is 5.90. The van der Waals surface area contributed by atoms with Crippen molar-refractivity contribution < 1.29 is 4.74 Å². The highest BCUT2D eigenvalue weighted by atomic mass is 16.5. The molecule has 0 bridgehead atoms. The molecule has 1 rings (SSSR count). The fraction of sp³-hybridized carbons (Fsp3) is 0.933. The molecule has 110 valence electrons. The molecule has 1 N–H and O–H groups in total. The molecule has 0 aromatic rings. The quantitative estimate of drug-likeness (QED) is 0.749. The number of nitrogens with zero attached hydrogens (tertiary/aromatic N) is 2. The van der Waals surface area contributed by atoms with Crippen LogP contribution in [0, 0.1) is 11.3 Å². The Bertz CT molecular complexity index is 324. The van der Waals surface area contributed by atoms with Crippen molar-refractivity contribution in [2.75, 3.05) is 26.7 Å². The predicted molar refractivity (Wildman–Crippen MR) is 78.0 cm³/mol. The first-order valence-corrected chi connectivity index (χ1v) is 7.30. The smallest absolute Gasteiger partial charge is 0.103 e. The van der Waals surface area contributed by atoms with Crippen molar-refractivity contribution in [3.05, 3.63) is 0 Å². The van der Waals surface area contributed by atoms with Crippen molar-refractivity contribution in [2.45, 2.75) is 64.2 Å². The van der Waals surface area contributed by atoms with Crippen LogP contribution >= 0.6 is 0 Å². The molecule has 1 saturated heterocycles. The second-order valence-electron chi connectivity index (χ2n) is 6.57. The lowest BCUT2D eigenvalue weighted by Crippen LogP contribution is -2.52. The third-order valence-electron chi connectivity index (χ3n) is 3.84. The SMILES string of the molecule is CNC(C)(C#N)CCCCN1CC(C)OC(C)(C)C1. The molecule has 19 heavy (non-hydrogen) atoms. The molecule has 1 aliphatic rings. The van der Waals surface area contributed by atoms with Crippen LogP contribution in [0.5, 0.6) is 0 Å². The van der Waals surface area contributed by atoms with Gasteiger partial charge in [0.15, 0.2) is 0 Å². The highest BCUT2D eigenvalue weighted by molar-refractivity contribution is 5.02. The summed E-state index contributed by atoms with van der Waals surface area (Å²) in [6, 6.07) is 2.34. The van der Waals surface area contributed by atoms with E-state index in [2.05, 4.69) is 37.1 Å². The summed E-state index contributed by atoms with van der Waals surface area (Å²) in [5.74, 6) is 0. The van der Waals surface area contributed by atoms with Crippen LogP contribution in [0.1, 0.15) is 47.0 Å². The summed E-state index contributed by atoms with van der Waals surface area (Å²) in [4.78, 5) is 2.48. The van der Waals surface area contributed by atoms with E-state index in [9.17, 15) is 0 Å². The molecule has 0 spiro atoms. The van der Waals surface area contributed by atoms with E-state index in [0.717, 1.165) is 38.9 Å². The van der Waals surface area contributed by atoms with Gasteiger partial charge < -0.3 is 10.1 Å². The van der Waals surface area contributed by atoms with Gasteiger partial charge in [-0.05, 0) is 60.5 Å². The molecule has 1 heterocycles. The van der Waals surface area contributed by atoms with Crippen molar-refractivity contribution in [2.24, 2.45) is 0 Å². The van der Waals surface area contributed by atoms with Crippen LogP contribution in [0.2, 0.25) is 0 Å². The lowest BCUT2D eigenvalue weighted by atomic mass is 9.96. The second-order valence-corrected chi connectivity index (χ2v) is 6.57. The van der Waals surface area contributed by atoms with Crippen LogP contribution in [0.25, 0.3) is 0 Å². The first-order chi connectivity index (χ1) is 8.80. The van der Waals surface area contributed by atoms with E-state index in [4.69, 9.17) is 10.00 Å². The number of rotatable bonds is 6. The van der Waals surface area contributed by atoms with E-state index in [1.54, 1.807) is 0 Å². The predicted octanol–water partition coefficient (Wildman–Crippen LogP) is 2.16. The maximum Gasteiger partial charge on any atom is 0.103 e. The number of ether oxygens (including phenoxy) is 1. The van der Waals surface area contributed by atoms with Gasteiger partial charge in [0.05, 0.1) is 17.8 Å². The summed E-state index contributed by atoms with van der Waals surface area (Å²) >= 11 is 0. The standard InChI is InChI=1S/C15H29N3O/c1-13-10-18(12-14(2,3)19-13)9-7-6-8-15(4,11-16)17-5/h13,17H,6-10,12H2,1-5H3. The van der Waals surface area contributed by atoms with E-state index in [1.807, 2.05) is 14.0 Å². The fourth-order valence-corrected chi connectivity index (χ4v) is 2.81. The monoisotopic (exact) mass is 267 g/mol.